The van der Waals surface area contributed by atoms with Gasteiger partial charge in [-0.2, -0.15) is 5.10 Å². The van der Waals surface area contributed by atoms with Crippen LogP contribution in [0.5, 0.6) is 0 Å². The molecule has 2 nitrogen and oxygen atoms in total. The van der Waals surface area contributed by atoms with Crippen LogP contribution in [0, 0.1) is 13.8 Å². The van der Waals surface area contributed by atoms with Gasteiger partial charge in [-0.15, -0.1) is 11.4 Å². The summed E-state index contributed by atoms with van der Waals surface area (Å²) in [6, 6.07) is 0. The van der Waals surface area contributed by atoms with Crippen LogP contribution in [-0.4, -0.2) is 23.1 Å². The minimum absolute atomic E-state index is 1.06. The minimum atomic E-state index is 1.06. The molecule has 0 saturated carbocycles. The van der Waals surface area contributed by atoms with Crippen LogP contribution in [0.25, 0.3) is 0 Å². The Morgan fingerprint density at radius 2 is 1.85 bits per heavy atom. The first kappa shape index (κ1) is 15.5. The molecule has 0 spiro atoms. The lowest BCUT2D eigenvalue weighted by Gasteiger charge is -1.78. The fourth-order valence-corrected chi connectivity index (χ4v) is 0.411. The summed E-state index contributed by atoms with van der Waals surface area (Å²) >= 11 is 1.88. The van der Waals surface area contributed by atoms with Crippen molar-refractivity contribution in [3.05, 3.63) is 17.5 Å². The van der Waals surface area contributed by atoms with Crippen molar-refractivity contribution in [1.29, 1.82) is 0 Å². The van der Waals surface area contributed by atoms with E-state index in [9.17, 15) is 0 Å². The lowest BCUT2D eigenvalue weighted by molar-refractivity contribution is 1.04. The summed E-state index contributed by atoms with van der Waals surface area (Å²) in [6.07, 6.45) is 3.92. The molecule has 1 heterocycles. The number of hydrogen-bond acceptors (Lipinski definition) is 2. The fraction of sp³-hybridized carbons (Fsp3) is 0.667. The van der Waals surface area contributed by atoms with Crippen molar-refractivity contribution in [3.8, 4) is 0 Å². The molecule has 78 valence electrons. The van der Waals surface area contributed by atoms with Crippen molar-refractivity contribution in [1.82, 2.24) is 10.2 Å². The molecule has 0 aliphatic rings. The second-order valence-electron chi connectivity index (χ2n) is 2.09. The number of aromatic amines is 1. The topological polar surface area (TPSA) is 28.7 Å². The quantitative estimate of drug-likeness (QED) is 0.732. The summed E-state index contributed by atoms with van der Waals surface area (Å²) in [6.45, 7) is 10.2. The van der Waals surface area contributed by atoms with E-state index >= 15 is 0 Å². The van der Waals surface area contributed by atoms with Gasteiger partial charge in [-0.05, 0) is 32.3 Å². The predicted molar refractivity (Wildman–Crippen MR) is 67.2 cm³/mol. The van der Waals surface area contributed by atoms with Crippen LogP contribution < -0.4 is 0 Å². The standard InChI is InChI=1S/C5H8N2.C2H7PS.C2H6/c1-4-3-6-7-5(4)2;1-3-4-2;1-2/h3H,1-2H3,(H,6,7);3H,1-2H3;1-2H3. The minimum Gasteiger partial charge on any atom is -0.283 e. The smallest absolute Gasteiger partial charge is 0.0519 e. The summed E-state index contributed by atoms with van der Waals surface area (Å²) < 4.78 is 0. The van der Waals surface area contributed by atoms with Gasteiger partial charge >= 0.3 is 0 Å². The molecule has 1 rings (SSSR count). The number of aryl methyl sites for hydroxylation is 2. The third-order valence-electron chi connectivity index (χ3n) is 1.29. The molecular formula is C9H21N2PS. The second kappa shape index (κ2) is 12.0. The maximum Gasteiger partial charge on any atom is 0.0519 e. The Morgan fingerprint density at radius 1 is 1.38 bits per heavy atom. The average Bonchev–Trinajstić information content (AvgIpc) is 2.55. The largest absolute Gasteiger partial charge is 0.283 e. The molecule has 0 bridgehead atoms. The SMILES string of the molecule is CC.CPSC.Cc1cn[nH]c1C. The highest BCUT2D eigenvalue weighted by molar-refractivity contribution is 8.49. The molecule has 4 heteroatoms. The van der Waals surface area contributed by atoms with Gasteiger partial charge in [0.2, 0.25) is 0 Å². The molecule has 1 aromatic rings. The van der Waals surface area contributed by atoms with Crippen molar-refractivity contribution in [2.24, 2.45) is 0 Å². The van der Waals surface area contributed by atoms with Gasteiger partial charge in [0.05, 0.1) is 6.20 Å². The third-order valence-corrected chi connectivity index (χ3v) is 2.92. The van der Waals surface area contributed by atoms with Crippen molar-refractivity contribution >= 4 is 19.2 Å². The number of nitrogens with zero attached hydrogens (tertiary/aromatic N) is 1. The van der Waals surface area contributed by atoms with E-state index in [2.05, 4.69) is 23.1 Å². The van der Waals surface area contributed by atoms with Gasteiger partial charge in [-0.1, -0.05) is 21.6 Å². The highest BCUT2D eigenvalue weighted by atomic mass is 32.7. The number of nitrogens with one attached hydrogen (secondary N) is 1. The van der Waals surface area contributed by atoms with Crippen LogP contribution in [-0.2, 0) is 0 Å². The second-order valence-corrected chi connectivity index (χ2v) is 5.35. The summed E-state index contributed by atoms with van der Waals surface area (Å²) in [5.74, 6) is 0. The molecule has 0 fully saturated rings. The molecule has 1 unspecified atom stereocenters. The molecule has 1 N–H and O–H groups in total. The zero-order valence-electron chi connectivity index (χ0n) is 9.43. The molecule has 1 aromatic heterocycles. The molecule has 0 aromatic carbocycles. The number of aromatic nitrogens is 2. The van der Waals surface area contributed by atoms with Crippen molar-refractivity contribution in [2.45, 2.75) is 27.7 Å². The third kappa shape index (κ3) is 9.91. The normalized spacial score (nSPS) is 8.77. The van der Waals surface area contributed by atoms with E-state index in [4.69, 9.17) is 0 Å². The predicted octanol–water partition coefficient (Wildman–Crippen LogP) is 3.63. The van der Waals surface area contributed by atoms with Gasteiger partial charge in [0.1, 0.15) is 0 Å². The lowest BCUT2D eigenvalue weighted by Crippen LogP contribution is -1.70. The van der Waals surface area contributed by atoms with Gasteiger partial charge in [0.15, 0.2) is 0 Å². The molecule has 1 atom stereocenters. The zero-order chi connectivity index (χ0) is 10.7. The van der Waals surface area contributed by atoms with Gasteiger partial charge in [0.25, 0.3) is 0 Å². The van der Waals surface area contributed by atoms with E-state index < -0.39 is 0 Å². The van der Waals surface area contributed by atoms with Crippen LogP contribution in [0.2, 0.25) is 0 Å². The summed E-state index contributed by atoms with van der Waals surface area (Å²) in [5.41, 5.74) is 2.38. The molecule has 0 saturated heterocycles. The van der Waals surface area contributed by atoms with E-state index in [0.717, 1.165) is 13.5 Å². The van der Waals surface area contributed by atoms with Gasteiger partial charge in [-0.25, -0.2) is 0 Å². The zero-order valence-corrected chi connectivity index (χ0v) is 11.2. The van der Waals surface area contributed by atoms with Gasteiger partial charge in [-0.3, -0.25) is 5.10 Å². The van der Waals surface area contributed by atoms with Crippen LogP contribution in [0.4, 0.5) is 0 Å². The molecule has 0 aliphatic heterocycles. The fourth-order valence-electron chi connectivity index (χ4n) is 0.411. The van der Waals surface area contributed by atoms with Crippen LogP contribution in [0.15, 0.2) is 6.20 Å². The van der Waals surface area contributed by atoms with Crippen LogP contribution in [0.3, 0.4) is 0 Å². The first-order valence-corrected chi connectivity index (χ1v) is 7.83. The lowest BCUT2D eigenvalue weighted by atomic mass is 10.3. The first-order chi connectivity index (χ1) is 6.22. The molecule has 0 radical (unpaired) electrons. The van der Waals surface area contributed by atoms with Crippen LogP contribution >= 0.6 is 19.2 Å². The maximum absolute atomic E-state index is 3.80. The Kier molecular flexibility index (Phi) is 14.3. The Labute approximate surface area is 87.8 Å². The maximum atomic E-state index is 3.80. The Hall–Kier alpha value is -0.0100. The summed E-state index contributed by atoms with van der Waals surface area (Å²) in [7, 11) is 1.06. The van der Waals surface area contributed by atoms with Gasteiger partial charge < -0.3 is 0 Å². The van der Waals surface area contributed by atoms with Gasteiger partial charge in [0, 0.05) is 5.69 Å². The molecule has 0 aliphatic carbocycles. The van der Waals surface area contributed by atoms with Crippen LogP contribution in [0.1, 0.15) is 25.1 Å². The van der Waals surface area contributed by atoms with E-state index in [0.29, 0.717) is 0 Å². The first-order valence-electron chi connectivity index (χ1n) is 4.38. The molecule has 13 heavy (non-hydrogen) atoms. The monoisotopic (exact) mass is 220 g/mol. The van der Waals surface area contributed by atoms with Crippen molar-refractivity contribution in [2.75, 3.05) is 12.9 Å². The van der Waals surface area contributed by atoms with E-state index in [1.165, 1.54) is 5.56 Å². The van der Waals surface area contributed by atoms with E-state index in [-0.39, 0.29) is 0 Å². The Bertz CT molecular complexity index is 171. The van der Waals surface area contributed by atoms with Crippen molar-refractivity contribution in [3.63, 3.8) is 0 Å². The number of rotatable bonds is 1. The van der Waals surface area contributed by atoms with Crippen molar-refractivity contribution < 1.29 is 0 Å². The Balaban J connectivity index is 0. The highest BCUT2D eigenvalue weighted by Gasteiger charge is 1.87. The molecular weight excluding hydrogens is 199 g/mol. The highest BCUT2D eigenvalue weighted by Crippen LogP contribution is 2.18. The summed E-state index contributed by atoms with van der Waals surface area (Å²) in [5, 5.41) is 6.61. The number of hydrogen-bond donors (Lipinski definition) is 1. The molecule has 0 amide bonds. The summed E-state index contributed by atoms with van der Waals surface area (Å²) in [4.78, 5) is 0. The number of H-pyrrole nitrogens is 1. The van der Waals surface area contributed by atoms with E-state index in [1.54, 1.807) is 0 Å². The average molecular weight is 220 g/mol. The van der Waals surface area contributed by atoms with E-state index in [1.807, 2.05) is 45.3 Å². The Morgan fingerprint density at radius 3 is 1.92 bits per heavy atom.